The van der Waals surface area contributed by atoms with Crippen LogP contribution in [0.3, 0.4) is 0 Å². The Bertz CT molecular complexity index is 1070. The zero-order chi connectivity index (χ0) is 22.3. The lowest BCUT2D eigenvalue weighted by Crippen LogP contribution is -2.36. The Balaban J connectivity index is 1.28. The fraction of sp³-hybridized carbons (Fsp3) is 0.318. The topological polar surface area (TPSA) is 92.4 Å². The summed E-state index contributed by atoms with van der Waals surface area (Å²) in [4.78, 5) is 19.1. The molecule has 0 bridgehead atoms. The maximum Gasteiger partial charge on any atom is 0.234 e. The van der Waals surface area contributed by atoms with Gasteiger partial charge in [-0.05, 0) is 42.8 Å². The molecule has 1 aliphatic heterocycles. The van der Waals surface area contributed by atoms with E-state index in [4.69, 9.17) is 21.1 Å². The van der Waals surface area contributed by atoms with Crippen molar-refractivity contribution in [2.75, 3.05) is 42.3 Å². The number of thioether (sulfide) groups is 1. The maximum atomic E-state index is 12.5. The third kappa shape index (κ3) is 5.93. The number of aromatic amines is 1. The minimum absolute atomic E-state index is 0.116. The number of hydrogen-bond acceptors (Lipinski definition) is 7. The summed E-state index contributed by atoms with van der Waals surface area (Å²) in [6.45, 7) is 5.15. The Kier molecular flexibility index (Phi) is 7.51. The lowest BCUT2D eigenvalue weighted by molar-refractivity contribution is -0.113. The van der Waals surface area contributed by atoms with Crippen molar-refractivity contribution in [2.45, 2.75) is 18.7 Å². The number of benzene rings is 2. The number of aromatic nitrogens is 3. The zero-order valence-corrected chi connectivity index (χ0v) is 19.2. The second-order valence-electron chi connectivity index (χ2n) is 7.22. The average Bonchev–Trinajstić information content (AvgIpc) is 3.27. The number of amides is 1. The number of nitrogens with zero attached hydrogens (tertiary/aromatic N) is 3. The van der Waals surface area contributed by atoms with Gasteiger partial charge >= 0.3 is 0 Å². The van der Waals surface area contributed by atoms with Gasteiger partial charge in [0.2, 0.25) is 11.1 Å². The van der Waals surface area contributed by atoms with E-state index in [-0.39, 0.29) is 18.3 Å². The molecule has 2 N–H and O–H groups in total. The minimum Gasteiger partial charge on any atom is -0.486 e. The van der Waals surface area contributed by atoms with Gasteiger partial charge < -0.3 is 19.7 Å². The Hall–Kier alpha value is -2.75. The Labute approximate surface area is 195 Å². The molecule has 0 saturated carbocycles. The lowest BCUT2D eigenvalue weighted by atomic mass is 10.2. The molecular weight excluding hydrogens is 450 g/mol. The number of aryl methyl sites for hydroxylation is 1. The Morgan fingerprint density at radius 1 is 1.28 bits per heavy atom. The Morgan fingerprint density at radius 2 is 2.09 bits per heavy atom. The first-order valence-corrected chi connectivity index (χ1v) is 11.6. The molecule has 1 amide bonds. The van der Waals surface area contributed by atoms with Crippen LogP contribution in [0.4, 0.5) is 11.4 Å². The quantitative estimate of drug-likeness (QED) is 0.479. The number of nitrogens with one attached hydrogen (secondary N) is 2. The number of rotatable bonds is 8. The molecule has 4 rings (SSSR count). The van der Waals surface area contributed by atoms with Crippen LogP contribution >= 0.6 is 23.4 Å². The lowest BCUT2D eigenvalue weighted by Gasteiger charge is -2.30. The molecule has 0 radical (unpaired) electrons. The molecule has 1 fully saturated rings. The van der Waals surface area contributed by atoms with Crippen molar-refractivity contribution in [3.8, 4) is 5.75 Å². The SMILES string of the molecule is Cc1cc(OCc2nc(SCC(=O)Nc3ccccc3N3CCOCC3)n[nH]2)ccc1Cl. The van der Waals surface area contributed by atoms with Gasteiger partial charge in [0.15, 0.2) is 5.82 Å². The van der Waals surface area contributed by atoms with Gasteiger partial charge in [0.1, 0.15) is 12.4 Å². The second kappa shape index (κ2) is 10.7. The Morgan fingerprint density at radius 3 is 2.91 bits per heavy atom. The smallest absolute Gasteiger partial charge is 0.234 e. The molecule has 1 aromatic heterocycles. The van der Waals surface area contributed by atoms with Gasteiger partial charge in [0.05, 0.1) is 30.3 Å². The molecule has 0 spiro atoms. The van der Waals surface area contributed by atoms with E-state index in [1.807, 2.05) is 37.3 Å². The van der Waals surface area contributed by atoms with E-state index in [9.17, 15) is 4.79 Å². The van der Waals surface area contributed by atoms with E-state index in [1.165, 1.54) is 11.8 Å². The summed E-state index contributed by atoms with van der Waals surface area (Å²) < 4.78 is 11.1. The molecule has 2 heterocycles. The molecular formula is C22H24ClN5O3S. The number of carbonyl (C=O) groups excluding carboxylic acids is 1. The highest BCUT2D eigenvalue weighted by molar-refractivity contribution is 7.99. The molecule has 1 aliphatic rings. The van der Waals surface area contributed by atoms with Crippen LogP contribution in [0.2, 0.25) is 5.02 Å². The van der Waals surface area contributed by atoms with Gasteiger partial charge in [-0.15, -0.1) is 5.10 Å². The van der Waals surface area contributed by atoms with Crippen LogP contribution in [-0.4, -0.2) is 53.1 Å². The minimum atomic E-state index is -0.116. The number of morpholine rings is 1. The largest absolute Gasteiger partial charge is 0.486 e. The number of ether oxygens (including phenoxy) is 2. The van der Waals surface area contributed by atoms with Gasteiger partial charge in [0, 0.05) is 18.1 Å². The highest BCUT2D eigenvalue weighted by Gasteiger charge is 2.16. The van der Waals surface area contributed by atoms with Crippen LogP contribution in [0.5, 0.6) is 5.75 Å². The fourth-order valence-corrected chi connectivity index (χ4v) is 3.98. The zero-order valence-electron chi connectivity index (χ0n) is 17.6. The van der Waals surface area contributed by atoms with Gasteiger partial charge in [-0.2, -0.15) is 0 Å². The summed E-state index contributed by atoms with van der Waals surface area (Å²) in [7, 11) is 0. The molecule has 168 valence electrons. The van der Waals surface area contributed by atoms with Crippen molar-refractivity contribution < 1.29 is 14.3 Å². The average molecular weight is 474 g/mol. The predicted octanol–water partition coefficient (Wildman–Crippen LogP) is 3.91. The summed E-state index contributed by atoms with van der Waals surface area (Å²) in [5.41, 5.74) is 2.74. The van der Waals surface area contributed by atoms with E-state index in [0.29, 0.717) is 35.0 Å². The number of hydrogen-bond donors (Lipinski definition) is 2. The highest BCUT2D eigenvalue weighted by Crippen LogP contribution is 2.27. The number of anilines is 2. The van der Waals surface area contributed by atoms with Crippen molar-refractivity contribution >= 4 is 40.6 Å². The van der Waals surface area contributed by atoms with Gasteiger partial charge in [-0.3, -0.25) is 9.89 Å². The van der Waals surface area contributed by atoms with Gasteiger partial charge in [0.25, 0.3) is 0 Å². The van der Waals surface area contributed by atoms with Gasteiger partial charge in [-0.25, -0.2) is 4.98 Å². The van der Waals surface area contributed by atoms with E-state index in [1.54, 1.807) is 12.1 Å². The first-order chi connectivity index (χ1) is 15.6. The van der Waals surface area contributed by atoms with Crippen molar-refractivity contribution in [2.24, 2.45) is 0 Å². The summed E-state index contributed by atoms with van der Waals surface area (Å²) in [6, 6.07) is 13.3. The van der Waals surface area contributed by atoms with Crippen molar-refractivity contribution in [3.63, 3.8) is 0 Å². The van der Waals surface area contributed by atoms with E-state index >= 15 is 0 Å². The van der Waals surface area contributed by atoms with E-state index in [2.05, 4.69) is 25.4 Å². The molecule has 1 saturated heterocycles. The molecule has 2 aromatic carbocycles. The summed E-state index contributed by atoms with van der Waals surface area (Å²) >= 11 is 7.30. The summed E-state index contributed by atoms with van der Waals surface area (Å²) in [5.74, 6) is 1.37. The van der Waals surface area contributed by atoms with Crippen LogP contribution in [0.25, 0.3) is 0 Å². The first kappa shape index (κ1) is 22.4. The monoisotopic (exact) mass is 473 g/mol. The highest BCUT2D eigenvalue weighted by atomic mass is 35.5. The molecule has 0 atom stereocenters. The molecule has 0 unspecified atom stereocenters. The van der Waals surface area contributed by atoms with Crippen molar-refractivity contribution in [3.05, 3.63) is 58.9 Å². The molecule has 0 aliphatic carbocycles. The fourth-order valence-electron chi connectivity index (χ4n) is 3.24. The van der Waals surface area contributed by atoms with E-state index in [0.717, 1.165) is 30.0 Å². The summed E-state index contributed by atoms with van der Waals surface area (Å²) in [5, 5.41) is 11.2. The normalized spacial score (nSPS) is 13.8. The van der Waals surface area contributed by atoms with Gasteiger partial charge in [-0.1, -0.05) is 35.5 Å². The number of halogens is 1. The van der Waals surface area contributed by atoms with Crippen LogP contribution in [0, 0.1) is 6.92 Å². The predicted molar refractivity (Wildman–Crippen MR) is 126 cm³/mol. The van der Waals surface area contributed by atoms with Crippen LogP contribution in [0.15, 0.2) is 47.6 Å². The first-order valence-electron chi connectivity index (χ1n) is 10.2. The third-order valence-electron chi connectivity index (χ3n) is 4.88. The summed E-state index contributed by atoms with van der Waals surface area (Å²) in [6.07, 6.45) is 0. The number of H-pyrrole nitrogens is 1. The molecule has 3 aromatic rings. The second-order valence-corrected chi connectivity index (χ2v) is 8.57. The molecule has 10 heteroatoms. The number of para-hydroxylation sites is 2. The van der Waals surface area contributed by atoms with Crippen LogP contribution in [-0.2, 0) is 16.1 Å². The molecule has 8 nitrogen and oxygen atoms in total. The van der Waals surface area contributed by atoms with Crippen molar-refractivity contribution in [1.82, 2.24) is 15.2 Å². The van der Waals surface area contributed by atoms with Crippen LogP contribution < -0.4 is 15.0 Å². The standard InChI is InChI=1S/C22H24ClN5O3S/c1-15-12-16(6-7-17(15)23)31-13-20-25-22(27-26-20)32-14-21(29)24-18-4-2-3-5-19(18)28-8-10-30-11-9-28/h2-7,12H,8-11,13-14H2,1H3,(H,24,29)(H,25,26,27). The van der Waals surface area contributed by atoms with Crippen molar-refractivity contribution in [1.29, 1.82) is 0 Å². The molecule has 32 heavy (non-hydrogen) atoms. The maximum absolute atomic E-state index is 12.5. The third-order valence-corrected chi connectivity index (χ3v) is 6.15. The number of carbonyl (C=O) groups is 1. The van der Waals surface area contributed by atoms with E-state index < -0.39 is 0 Å². The van der Waals surface area contributed by atoms with Crippen LogP contribution in [0.1, 0.15) is 11.4 Å².